The maximum atomic E-state index is 11.5. The lowest BCUT2D eigenvalue weighted by Crippen LogP contribution is -2.17. The first-order chi connectivity index (χ1) is 7.91. The first-order valence-electron chi connectivity index (χ1n) is 5.59. The molecule has 0 unspecified atom stereocenters. The molecule has 0 bridgehead atoms. The van der Waals surface area contributed by atoms with Gasteiger partial charge in [-0.15, -0.1) is 0 Å². The summed E-state index contributed by atoms with van der Waals surface area (Å²) in [7, 11) is 0.877. The highest BCUT2D eigenvalue weighted by Crippen LogP contribution is 2.20. The molecule has 4 nitrogen and oxygen atoms in total. The number of nitrogens with one attached hydrogen (secondary N) is 1. The Morgan fingerprint density at radius 1 is 1.24 bits per heavy atom. The molecule has 1 aromatic rings. The van der Waals surface area contributed by atoms with Gasteiger partial charge in [0.05, 0.1) is 10.6 Å². The summed E-state index contributed by atoms with van der Waals surface area (Å²) >= 11 is 0. The molecule has 0 atom stereocenters. The SMILES string of the molecule is CN(C)CCCNc1ccccc1S(C)(=O)=O. The minimum absolute atomic E-state index is 0.366. The van der Waals surface area contributed by atoms with Gasteiger partial charge in [-0.05, 0) is 39.2 Å². The maximum Gasteiger partial charge on any atom is 0.177 e. The van der Waals surface area contributed by atoms with E-state index in [1.54, 1.807) is 18.2 Å². The zero-order valence-corrected chi connectivity index (χ0v) is 11.4. The standard InChI is InChI=1S/C12H20N2O2S/c1-14(2)10-6-9-13-11-7-4-5-8-12(11)17(3,15)16/h4-5,7-8,13H,6,9-10H2,1-3H3. The minimum atomic E-state index is -3.16. The van der Waals surface area contributed by atoms with Gasteiger partial charge in [-0.2, -0.15) is 0 Å². The van der Waals surface area contributed by atoms with Gasteiger partial charge in [-0.25, -0.2) is 8.42 Å². The van der Waals surface area contributed by atoms with Crippen LogP contribution >= 0.6 is 0 Å². The summed E-state index contributed by atoms with van der Waals surface area (Å²) in [5.41, 5.74) is 0.689. The third-order valence-corrected chi connectivity index (χ3v) is 3.54. The molecule has 0 amide bonds. The van der Waals surface area contributed by atoms with Crippen LogP contribution in [0.25, 0.3) is 0 Å². The molecule has 5 heteroatoms. The van der Waals surface area contributed by atoms with Crippen LogP contribution in [0.1, 0.15) is 6.42 Å². The van der Waals surface area contributed by atoms with Crippen molar-refractivity contribution < 1.29 is 8.42 Å². The smallest absolute Gasteiger partial charge is 0.177 e. The lowest BCUT2D eigenvalue weighted by molar-refractivity contribution is 0.405. The van der Waals surface area contributed by atoms with Gasteiger partial charge in [-0.3, -0.25) is 0 Å². The Hall–Kier alpha value is -1.07. The van der Waals surface area contributed by atoms with Crippen molar-refractivity contribution in [2.24, 2.45) is 0 Å². The first kappa shape index (κ1) is 14.0. The molecule has 0 aliphatic carbocycles. The highest BCUT2D eigenvalue weighted by Gasteiger charge is 2.11. The third-order valence-electron chi connectivity index (χ3n) is 2.38. The van der Waals surface area contributed by atoms with Crippen molar-refractivity contribution in [1.82, 2.24) is 4.90 Å². The van der Waals surface area contributed by atoms with E-state index in [-0.39, 0.29) is 0 Å². The number of hydrogen-bond donors (Lipinski definition) is 1. The molecule has 0 fully saturated rings. The summed E-state index contributed by atoms with van der Waals surface area (Å²) < 4.78 is 23.1. The van der Waals surface area contributed by atoms with E-state index >= 15 is 0 Å². The second kappa shape index (κ2) is 6.02. The number of nitrogens with zero attached hydrogens (tertiary/aromatic N) is 1. The van der Waals surface area contributed by atoms with Crippen LogP contribution in [0.4, 0.5) is 5.69 Å². The van der Waals surface area contributed by atoms with Crippen molar-refractivity contribution >= 4 is 15.5 Å². The van der Waals surface area contributed by atoms with E-state index in [0.29, 0.717) is 10.6 Å². The molecule has 1 N–H and O–H groups in total. The molecule has 0 aliphatic rings. The molecule has 0 radical (unpaired) electrons. The van der Waals surface area contributed by atoms with Crippen LogP contribution in [0, 0.1) is 0 Å². The van der Waals surface area contributed by atoms with Gasteiger partial charge in [0, 0.05) is 12.8 Å². The van der Waals surface area contributed by atoms with Crippen LogP contribution in [-0.2, 0) is 9.84 Å². The fraction of sp³-hybridized carbons (Fsp3) is 0.500. The average Bonchev–Trinajstić information content (AvgIpc) is 2.23. The number of benzene rings is 1. The van der Waals surface area contributed by atoms with Crippen LogP contribution in [0.3, 0.4) is 0 Å². The summed E-state index contributed by atoms with van der Waals surface area (Å²) in [5, 5.41) is 3.17. The van der Waals surface area contributed by atoms with Crippen molar-refractivity contribution in [3.63, 3.8) is 0 Å². The van der Waals surface area contributed by atoms with E-state index in [2.05, 4.69) is 10.2 Å². The molecular weight excluding hydrogens is 236 g/mol. The van der Waals surface area contributed by atoms with Crippen LogP contribution in [0.5, 0.6) is 0 Å². The zero-order valence-electron chi connectivity index (χ0n) is 10.6. The third kappa shape index (κ3) is 4.75. The van der Waals surface area contributed by atoms with E-state index in [0.717, 1.165) is 19.5 Å². The normalized spacial score (nSPS) is 11.8. The summed E-state index contributed by atoms with van der Waals surface area (Å²) in [6.45, 7) is 1.75. The van der Waals surface area contributed by atoms with Crippen LogP contribution < -0.4 is 5.32 Å². The van der Waals surface area contributed by atoms with Crippen LogP contribution in [0.2, 0.25) is 0 Å². The van der Waals surface area contributed by atoms with E-state index < -0.39 is 9.84 Å². The van der Waals surface area contributed by atoms with Crippen molar-refractivity contribution in [1.29, 1.82) is 0 Å². The van der Waals surface area contributed by atoms with Gasteiger partial charge in [0.2, 0.25) is 0 Å². The molecule has 96 valence electrons. The average molecular weight is 256 g/mol. The molecule has 0 saturated heterocycles. The summed E-state index contributed by atoms with van der Waals surface area (Å²) in [6, 6.07) is 7.00. The monoisotopic (exact) mass is 256 g/mol. The summed E-state index contributed by atoms with van der Waals surface area (Å²) in [5.74, 6) is 0. The van der Waals surface area contributed by atoms with Crippen LogP contribution in [-0.4, -0.2) is 46.8 Å². The maximum absolute atomic E-state index is 11.5. The Morgan fingerprint density at radius 3 is 2.47 bits per heavy atom. The van der Waals surface area contributed by atoms with E-state index in [9.17, 15) is 8.42 Å². The van der Waals surface area contributed by atoms with E-state index in [4.69, 9.17) is 0 Å². The Labute approximate surface area is 104 Å². The highest BCUT2D eigenvalue weighted by molar-refractivity contribution is 7.90. The van der Waals surface area contributed by atoms with Gasteiger partial charge in [-0.1, -0.05) is 12.1 Å². The van der Waals surface area contributed by atoms with Crippen molar-refractivity contribution in [2.45, 2.75) is 11.3 Å². The van der Waals surface area contributed by atoms with E-state index in [1.165, 1.54) is 6.26 Å². The fourth-order valence-corrected chi connectivity index (χ4v) is 2.42. The minimum Gasteiger partial charge on any atom is -0.384 e. The van der Waals surface area contributed by atoms with Gasteiger partial charge in [0.15, 0.2) is 9.84 Å². The Kier molecular flexibility index (Phi) is 4.96. The van der Waals surface area contributed by atoms with Gasteiger partial charge in [0.1, 0.15) is 0 Å². The summed E-state index contributed by atoms with van der Waals surface area (Å²) in [4.78, 5) is 2.47. The van der Waals surface area contributed by atoms with Gasteiger partial charge in [0.25, 0.3) is 0 Å². The molecule has 1 aromatic carbocycles. The summed E-state index contributed by atoms with van der Waals surface area (Å²) in [6.07, 6.45) is 2.21. The molecule has 0 aromatic heterocycles. The van der Waals surface area contributed by atoms with Gasteiger partial charge >= 0.3 is 0 Å². The molecule has 1 rings (SSSR count). The number of para-hydroxylation sites is 1. The number of rotatable bonds is 6. The predicted molar refractivity (Wildman–Crippen MR) is 71.2 cm³/mol. The highest BCUT2D eigenvalue weighted by atomic mass is 32.2. The lowest BCUT2D eigenvalue weighted by atomic mass is 10.3. The topological polar surface area (TPSA) is 49.4 Å². The molecule has 0 spiro atoms. The quantitative estimate of drug-likeness (QED) is 0.783. The van der Waals surface area contributed by atoms with Crippen molar-refractivity contribution in [2.75, 3.05) is 38.8 Å². The number of sulfone groups is 1. The molecule has 0 saturated carbocycles. The van der Waals surface area contributed by atoms with Crippen molar-refractivity contribution in [3.8, 4) is 0 Å². The Balaban J connectivity index is 2.65. The second-order valence-corrected chi connectivity index (χ2v) is 6.34. The molecule has 0 aliphatic heterocycles. The Morgan fingerprint density at radius 2 is 1.88 bits per heavy atom. The van der Waals surface area contributed by atoms with Crippen LogP contribution in [0.15, 0.2) is 29.2 Å². The fourth-order valence-electron chi connectivity index (χ4n) is 1.55. The molecule has 0 heterocycles. The Bertz CT molecular complexity index is 455. The number of hydrogen-bond acceptors (Lipinski definition) is 4. The molecular formula is C12H20N2O2S. The lowest BCUT2D eigenvalue weighted by Gasteiger charge is -2.12. The second-order valence-electron chi connectivity index (χ2n) is 4.35. The molecule has 17 heavy (non-hydrogen) atoms. The van der Waals surface area contributed by atoms with E-state index in [1.807, 2.05) is 20.2 Å². The van der Waals surface area contributed by atoms with Crippen molar-refractivity contribution in [3.05, 3.63) is 24.3 Å². The number of anilines is 1. The largest absolute Gasteiger partial charge is 0.384 e. The predicted octanol–water partition coefficient (Wildman–Crippen LogP) is 1.45. The zero-order chi connectivity index (χ0) is 12.9. The first-order valence-corrected chi connectivity index (χ1v) is 7.48. The van der Waals surface area contributed by atoms with Gasteiger partial charge < -0.3 is 10.2 Å².